The summed E-state index contributed by atoms with van der Waals surface area (Å²) in [5.41, 5.74) is 9.07. The molecule has 4 heteroatoms. The standard InChI is InChI=1S/C16H14FN3/c17-16-7-2-1-4-13(16)10-20-11-14(9-19-20)12-5-3-6-15(18)8-12/h1-9,11H,10,18H2. The minimum atomic E-state index is -0.214. The molecule has 3 aromatic rings. The minimum absolute atomic E-state index is 0.214. The summed E-state index contributed by atoms with van der Waals surface area (Å²) in [6, 6.07) is 14.3. The van der Waals surface area contributed by atoms with Crippen molar-refractivity contribution >= 4 is 5.69 Å². The van der Waals surface area contributed by atoms with Gasteiger partial charge in [-0.3, -0.25) is 4.68 Å². The van der Waals surface area contributed by atoms with Crippen molar-refractivity contribution in [2.75, 3.05) is 5.73 Å². The van der Waals surface area contributed by atoms with E-state index in [4.69, 9.17) is 5.73 Å². The van der Waals surface area contributed by atoms with Gasteiger partial charge in [0.2, 0.25) is 0 Å². The second kappa shape index (κ2) is 5.17. The van der Waals surface area contributed by atoms with Crippen LogP contribution in [0.15, 0.2) is 60.9 Å². The summed E-state index contributed by atoms with van der Waals surface area (Å²) in [5, 5.41) is 4.27. The van der Waals surface area contributed by atoms with Crippen LogP contribution >= 0.6 is 0 Å². The van der Waals surface area contributed by atoms with E-state index in [1.165, 1.54) is 6.07 Å². The van der Waals surface area contributed by atoms with Crippen molar-refractivity contribution in [3.8, 4) is 11.1 Å². The molecule has 20 heavy (non-hydrogen) atoms. The van der Waals surface area contributed by atoms with Crippen molar-refractivity contribution in [3.05, 3.63) is 72.3 Å². The first-order chi connectivity index (χ1) is 9.72. The van der Waals surface area contributed by atoms with Gasteiger partial charge in [-0.15, -0.1) is 0 Å². The van der Waals surface area contributed by atoms with Crippen molar-refractivity contribution in [1.29, 1.82) is 0 Å². The molecular weight excluding hydrogens is 253 g/mol. The summed E-state index contributed by atoms with van der Waals surface area (Å²) >= 11 is 0. The van der Waals surface area contributed by atoms with Gasteiger partial charge in [-0.05, 0) is 23.8 Å². The molecule has 0 saturated heterocycles. The Morgan fingerprint density at radius 1 is 1.05 bits per heavy atom. The number of aromatic nitrogens is 2. The molecule has 0 aliphatic heterocycles. The number of anilines is 1. The maximum Gasteiger partial charge on any atom is 0.128 e. The topological polar surface area (TPSA) is 43.8 Å². The van der Waals surface area contributed by atoms with Crippen LogP contribution in [0.4, 0.5) is 10.1 Å². The Hall–Kier alpha value is -2.62. The number of hydrogen-bond acceptors (Lipinski definition) is 2. The molecule has 2 N–H and O–H groups in total. The molecule has 3 rings (SSSR count). The molecule has 0 radical (unpaired) electrons. The number of rotatable bonds is 3. The summed E-state index contributed by atoms with van der Waals surface area (Å²) in [6.45, 7) is 0.412. The van der Waals surface area contributed by atoms with Crippen LogP contribution in [0.5, 0.6) is 0 Å². The van der Waals surface area contributed by atoms with Gasteiger partial charge in [0.1, 0.15) is 5.82 Å². The van der Waals surface area contributed by atoms with Gasteiger partial charge in [0, 0.05) is 23.0 Å². The molecule has 0 aliphatic rings. The summed E-state index contributed by atoms with van der Waals surface area (Å²) < 4.78 is 15.3. The number of benzene rings is 2. The zero-order chi connectivity index (χ0) is 13.9. The number of nitrogens with zero attached hydrogens (tertiary/aromatic N) is 2. The van der Waals surface area contributed by atoms with Gasteiger partial charge in [0.15, 0.2) is 0 Å². The first kappa shape index (κ1) is 12.4. The van der Waals surface area contributed by atoms with Gasteiger partial charge in [0.05, 0.1) is 12.7 Å². The van der Waals surface area contributed by atoms with Crippen LogP contribution in [-0.2, 0) is 6.54 Å². The highest BCUT2D eigenvalue weighted by Crippen LogP contribution is 2.21. The molecule has 2 aromatic carbocycles. The minimum Gasteiger partial charge on any atom is -0.399 e. The first-order valence-electron chi connectivity index (χ1n) is 6.34. The summed E-state index contributed by atoms with van der Waals surface area (Å²) in [6.07, 6.45) is 3.65. The number of nitrogen functional groups attached to an aromatic ring is 1. The van der Waals surface area contributed by atoms with E-state index >= 15 is 0 Å². The van der Waals surface area contributed by atoms with Crippen molar-refractivity contribution in [2.24, 2.45) is 0 Å². The molecule has 0 bridgehead atoms. The van der Waals surface area contributed by atoms with Gasteiger partial charge in [-0.1, -0.05) is 30.3 Å². The van der Waals surface area contributed by atoms with Crippen molar-refractivity contribution in [1.82, 2.24) is 9.78 Å². The van der Waals surface area contributed by atoms with E-state index in [0.29, 0.717) is 17.8 Å². The van der Waals surface area contributed by atoms with Gasteiger partial charge in [-0.25, -0.2) is 4.39 Å². The second-order valence-electron chi connectivity index (χ2n) is 4.64. The maximum absolute atomic E-state index is 13.6. The molecule has 1 heterocycles. The summed E-state index contributed by atoms with van der Waals surface area (Å²) in [4.78, 5) is 0. The Morgan fingerprint density at radius 3 is 2.70 bits per heavy atom. The third-order valence-electron chi connectivity index (χ3n) is 3.14. The fourth-order valence-electron chi connectivity index (χ4n) is 2.12. The average Bonchev–Trinajstić information content (AvgIpc) is 2.90. The van der Waals surface area contributed by atoms with Gasteiger partial charge in [-0.2, -0.15) is 5.10 Å². The van der Waals surface area contributed by atoms with Crippen molar-refractivity contribution < 1.29 is 4.39 Å². The molecule has 0 saturated carbocycles. The fraction of sp³-hybridized carbons (Fsp3) is 0.0625. The highest BCUT2D eigenvalue weighted by atomic mass is 19.1. The molecule has 0 fully saturated rings. The predicted molar refractivity (Wildman–Crippen MR) is 77.6 cm³/mol. The Balaban J connectivity index is 1.86. The van der Waals surface area contributed by atoms with Gasteiger partial charge < -0.3 is 5.73 Å². The Labute approximate surface area is 116 Å². The first-order valence-corrected chi connectivity index (χ1v) is 6.34. The zero-order valence-electron chi connectivity index (χ0n) is 10.8. The lowest BCUT2D eigenvalue weighted by atomic mass is 10.1. The monoisotopic (exact) mass is 267 g/mol. The summed E-state index contributed by atoms with van der Waals surface area (Å²) in [7, 11) is 0. The molecule has 0 amide bonds. The SMILES string of the molecule is Nc1cccc(-c2cnn(Cc3ccccc3F)c2)c1. The van der Waals surface area contributed by atoms with Crippen LogP contribution in [0.25, 0.3) is 11.1 Å². The van der Waals surface area contributed by atoms with E-state index in [1.807, 2.05) is 36.5 Å². The molecule has 0 aliphatic carbocycles. The average molecular weight is 267 g/mol. The van der Waals surface area contributed by atoms with Gasteiger partial charge >= 0.3 is 0 Å². The van der Waals surface area contributed by atoms with E-state index in [2.05, 4.69) is 5.10 Å². The number of nitrogens with two attached hydrogens (primary N) is 1. The lowest BCUT2D eigenvalue weighted by molar-refractivity contribution is 0.585. The van der Waals surface area contributed by atoms with Crippen LogP contribution in [0.2, 0.25) is 0 Å². The number of hydrogen-bond donors (Lipinski definition) is 1. The smallest absolute Gasteiger partial charge is 0.128 e. The Kier molecular flexibility index (Phi) is 3.21. The van der Waals surface area contributed by atoms with Crippen LogP contribution in [0, 0.1) is 5.82 Å². The Bertz CT molecular complexity index is 734. The molecular formula is C16H14FN3. The lowest BCUT2D eigenvalue weighted by Crippen LogP contribution is -2.01. The zero-order valence-corrected chi connectivity index (χ0v) is 10.8. The quantitative estimate of drug-likeness (QED) is 0.740. The second-order valence-corrected chi connectivity index (χ2v) is 4.64. The van der Waals surface area contributed by atoms with E-state index in [9.17, 15) is 4.39 Å². The van der Waals surface area contributed by atoms with Crippen molar-refractivity contribution in [3.63, 3.8) is 0 Å². The van der Waals surface area contributed by atoms with Crippen LogP contribution in [0.3, 0.4) is 0 Å². The van der Waals surface area contributed by atoms with Crippen LogP contribution < -0.4 is 5.73 Å². The largest absolute Gasteiger partial charge is 0.399 e. The molecule has 1 aromatic heterocycles. The van der Waals surface area contributed by atoms with E-state index in [0.717, 1.165) is 11.1 Å². The van der Waals surface area contributed by atoms with Crippen LogP contribution in [0.1, 0.15) is 5.56 Å². The molecule has 100 valence electrons. The fourth-order valence-corrected chi connectivity index (χ4v) is 2.12. The third-order valence-corrected chi connectivity index (χ3v) is 3.14. The maximum atomic E-state index is 13.6. The predicted octanol–water partition coefficient (Wildman–Crippen LogP) is 3.32. The van der Waals surface area contributed by atoms with E-state index in [1.54, 1.807) is 23.0 Å². The number of halogens is 1. The van der Waals surface area contributed by atoms with E-state index < -0.39 is 0 Å². The van der Waals surface area contributed by atoms with Crippen molar-refractivity contribution in [2.45, 2.75) is 6.54 Å². The third kappa shape index (κ3) is 2.54. The molecule has 0 unspecified atom stereocenters. The lowest BCUT2D eigenvalue weighted by Gasteiger charge is -2.03. The van der Waals surface area contributed by atoms with Crippen LogP contribution in [-0.4, -0.2) is 9.78 Å². The normalized spacial score (nSPS) is 10.7. The molecule has 3 nitrogen and oxygen atoms in total. The molecule has 0 atom stereocenters. The Morgan fingerprint density at radius 2 is 1.90 bits per heavy atom. The molecule has 0 spiro atoms. The van der Waals surface area contributed by atoms with Gasteiger partial charge in [0.25, 0.3) is 0 Å². The van der Waals surface area contributed by atoms with E-state index in [-0.39, 0.29) is 5.82 Å². The highest BCUT2D eigenvalue weighted by molar-refractivity contribution is 5.65. The summed E-state index contributed by atoms with van der Waals surface area (Å²) in [5.74, 6) is -0.214. The highest BCUT2D eigenvalue weighted by Gasteiger charge is 2.05.